The van der Waals surface area contributed by atoms with Gasteiger partial charge >= 0.3 is 7.12 Å². The van der Waals surface area contributed by atoms with Crippen molar-refractivity contribution in [2.45, 2.75) is 6.92 Å². The maximum absolute atomic E-state index is 12.9. The maximum Gasteiger partial charge on any atom is 0.492 e. The molecule has 1 rings (SSSR count). The highest BCUT2D eigenvalue weighted by Gasteiger charge is 2.18. The Bertz CT molecular complexity index is 396. The molecule has 0 radical (unpaired) electrons. The first-order chi connectivity index (χ1) is 7.54. The molecule has 0 atom stereocenters. The van der Waals surface area contributed by atoms with Crippen molar-refractivity contribution >= 4 is 24.2 Å². The summed E-state index contributed by atoms with van der Waals surface area (Å²) >= 11 is 5.44. The van der Waals surface area contributed by atoms with Crippen LogP contribution in [0.5, 0.6) is 5.75 Å². The Balaban J connectivity index is 2.87. The smallest absolute Gasteiger partial charge is 0.490 e. The quantitative estimate of drug-likeness (QED) is 0.778. The van der Waals surface area contributed by atoms with E-state index in [4.69, 9.17) is 26.4 Å². The number of hydrogen-bond acceptors (Lipinski definition) is 3. The summed E-state index contributed by atoms with van der Waals surface area (Å²) in [6.45, 7) is 1.96. The molecule has 1 aromatic rings. The van der Waals surface area contributed by atoms with Crippen LogP contribution in [-0.4, -0.2) is 23.8 Å². The van der Waals surface area contributed by atoms with Crippen LogP contribution in [0.3, 0.4) is 0 Å². The van der Waals surface area contributed by atoms with Crippen LogP contribution in [0.2, 0.25) is 0 Å². The molecule has 0 amide bonds. The second-order valence-electron chi connectivity index (χ2n) is 3.30. The SMILES string of the molecule is C/C(=C/Cl)COc1ccc(F)cc1B(O)O. The van der Waals surface area contributed by atoms with E-state index < -0.39 is 12.9 Å². The summed E-state index contributed by atoms with van der Waals surface area (Å²) in [6, 6.07) is 3.53. The molecule has 0 fully saturated rings. The zero-order valence-corrected chi connectivity index (χ0v) is 9.41. The van der Waals surface area contributed by atoms with Crippen molar-refractivity contribution in [2.75, 3.05) is 6.61 Å². The second-order valence-corrected chi connectivity index (χ2v) is 3.52. The first-order valence-electron chi connectivity index (χ1n) is 4.59. The predicted molar refractivity (Wildman–Crippen MR) is 61.3 cm³/mol. The molecule has 16 heavy (non-hydrogen) atoms. The van der Waals surface area contributed by atoms with Crippen molar-refractivity contribution < 1.29 is 19.2 Å². The zero-order valence-electron chi connectivity index (χ0n) is 8.65. The van der Waals surface area contributed by atoms with Gasteiger partial charge in [0.2, 0.25) is 0 Å². The molecule has 0 bridgehead atoms. The monoisotopic (exact) mass is 244 g/mol. The number of halogens is 2. The summed E-state index contributed by atoms with van der Waals surface area (Å²) in [6.07, 6.45) is 0. The van der Waals surface area contributed by atoms with Gasteiger partial charge in [0, 0.05) is 11.0 Å². The Labute approximate surface area is 98.3 Å². The average molecular weight is 244 g/mol. The fourth-order valence-electron chi connectivity index (χ4n) is 1.08. The number of ether oxygens (including phenoxy) is 1. The lowest BCUT2D eigenvalue weighted by Crippen LogP contribution is -2.32. The topological polar surface area (TPSA) is 49.7 Å². The molecule has 0 aliphatic heterocycles. The van der Waals surface area contributed by atoms with Gasteiger partial charge in [-0.05, 0) is 30.7 Å². The molecule has 6 heteroatoms. The van der Waals surface area contributed by atoms with E-state index in [-0.39, 0.29) is 17.8 Å². The lowest BCUT2D eigenvalue weighted by molar-refractivity contribution is 0.351. The third kappa shape index (κ3) is 3.52. The van der Waals surface area contributed by atoms with Gasteiger partial charge in [-0.2, -0.15) is 0 Å². The van der Waals surface area contributed by atoms with Gasteiger partial charge in [-0.1, -0.05) is 11.6 Å². The normalized spacial score (nSPS) is 11.4. The average Bonchev–Trinajstić information content (AvgIpc) is 2.26. The summed E-state index contributed by atoms with van der Waals surface area (Å²) in [7, 11) is -1.77. The highest BCUT2D eigenvalue weighted by Crippen LogP contribution is 2.11. The summed E-state index contributed by atoms with van der Waals surface area (Å²) in [5.74, 6) is -0.339. The molecule has 0 saturated carbocycles. The first-order valence-corrected chi connectivity index (χ1v) is 5.02. The van der Waals surface area contributed by atoms with Crippen LogP contribution < -0.4 is 10.2 Å². The van der Waals surface area contributed by atoms with E-state index in [1.165, 1.54) is 17.7 Å². The van der Waals surface area contributed by atoms with Gasteiger partial charge < -0.3 is 14.8 Å². The van der Waals surface area contributed by atoms with Crippen LogP contribution in [0.25, 0.3) is 0 Å². The number of hydrogen-bond donors (Lipinski definition) is 2. The van der Waals surface area contributed by atoms with Crippen molar-refractivity contribution in [1.82, 2.24) is 0 Å². The van der Waals surface area contributed by atoms with Gasteiger partial charge in [0.25, 0.3) is 0 Å². The fourth-order valence-corrected chi connectivity index (χ4v) is 1.14. The van der Waals surface area contributed by atoms with E-state index in [2.05, 4.69) is 0 Å². The molecule has 0 spiro atoms. The Morgan fingerprint density at radius 1 is 1.56 bits per heavy atom. The minimum Gasteiger partial charge on any atom is -0.490 e. The van der Waals surface area contributed by atoms with Crippen molar-refractivity contribution in [3.63, 3.8) is 0 Å². The Hall–Kier alpha value is -1.04. The van der Waals surface area contributed by atoms with Crippen LogP contribution in [0.4, 0.5) is 4.39 Å². The van der Waals surface area contributed by atoms with Gasteiger partial charge in [0.1, 0.15) is 18.2 Å². The van der Waals surface area contributed by atoms with Gasteiger partial charge in [-0.25, -0.2) is 4.39 Å². The Morgan fingerprint density at radius 2 is 2.25 bits per heavy atom. The van der Waals surface area contributed by atoms with Gasteiger partial charge in [-0.15, -0.1) is 0 Å². The highest BCUT2D eigenvalue weighted by atomic mass is 35.5. The van der Waals surface area contributed by atoms with Crippen LogP contribution >= 0.6 is 11.6 Å². The van der Waals surface area contributed by atoms with Gasteiger partial charge in [-0.3, -0.25) is 0 Å². The van der Waals surface area contributed by atoms with Crippen LogP contribution in [-0.2, 0) is 0 Å². The molecule has 1 aromatic carbocycles. The number of benzene rings is 1. The maximum atomic E-state index is 12.9. The largest absolute Gasteiger partial charge is 0.492 e. The molecule has 0 aliphatic rings. The lowest BCUT2D eigenvalue weighted by atomic mass is 9.79. The van der Waals surface area contributed by atoms with E-state index in [9.17, 15) is 4.39 Å². The third-order valence-electron chi connectivity index (χ3n) is 1.89. The summed E-state index contributed by atoms with van der Waals surface area (Å²) in [5, 5.41) is 18.0. The summed E-state index contributed by atoms with van der Waals surface area (Å²) in [5.41, 5.74) is 2.12. The minimum absolute atomic E-state index is 0.0117. The first kappa shape index (κ1) is 13.0. The molecule has 0 aliphatic carbocycles. The molecule has 0 heterocycles. The van der Waals surface area contributed by atoms with Gasteiger partial charge in [0.05, 0.1) is 0 Å². The van der Waals surface area contributed by atoms with Crippen molar-refractivity contribution in [3.05, 3.63) is 35.1 Å². The standard InChI is InChI=1S/C10H11BClFO3/c1-7(5-12)6-16-10-3-2-8(13)4-9(10)11(14)15/h2-5,14-15H,6H2,1H3/b7-5-. The molecule has 0 saturated heterocycles. The van der Waals surface area contributed by atoms with Crippen LogP contribution in [0.1, 0.15) is 6.92 Å². The molecular formula is C10H11BClFO3. The Morgan fingerprint density at radius 3 is 2.81 bits per heavy atom. The summed E-state index contributed by atoms with van der Waals surface area (Å²) < 4.78 is 18.1. The molecule has 0 aromatic heterocycles. The van der Waals surface area contributed by atoms with E-state index >= 15 is 0 Å². The lowest BCUT2D eigenvalue weighted by Gasteiger charge is -2.11. The third-order valence-corrected chi connectivity index (χ3v) is 2.26. The fraction of sp³-hybridized carbons (Fsp3) is 0.200. The molecule has 0 unspecified atom stereocenters. The van der Waals surface area contributed by atoms with Crippen LogP contribution in [0, 0.1) is 5.82 Å². The van der Waals surface area contributed by atoms with Crippen LogP contribution in [0.15, 0.2) is 29.3 Å². The van der Waals surface area contributed by atoms with Crippen molar-refractivity contribution in [1.29, 1.82) is 0 Å². The van der Waals surface area contributed by atoms with Crippen molar-refractivity contribution in [2.24, 2.45) is 0 Å². The molecule has 3 nitrogen and oxygen atoms in total. The molecule has 2 N–H and O–H groups in total. The van der Waals surface area contributed by atoms with E-state index in [0.29, 0.717) is 0 Å². The highest BCUT2D eigenvalue weighted by molar-refractivity contribution is 6.59. The summed E-state index contributed by atoms with van der Waals surface area (Å²) in [4.78, 5) is 0. The van der Waals surface area contributed by atoms with E-state index in [1.807, 2.05) is 0 Å². The van der Waals surface area contributed by atoms with Crippen molar-refractivity contribution in [3.8, 4) is 5.75 Å². The van der Waals surface area contributed by atoms with E-state index in [1.54, 1.807) is 6.92 Å². The molecule has 86 valence electrons. The molecular weight excluding hydrogens is 233 g/mol. The van der Waals surface area contributed by atoms with Gasteiger partial charge in [0.15, 0.2) is 0 Å². The zero-order chi connectivity index (χ0) is 12.1. The second kappa shape index (κ2) is 5.89. The Kier molecular flexibility index (Phi) is 4.80. The minimum atomic E-state index is -1.77. The van der Waals surface area contributed by atoms with E-state index in [0.717, 1.165) is 11.6 Å². The number of rotatable bonds is 4. The predicted octanol–water partition coefficient (Wildman–Crippen LogP) is 1.03.